The molecule has 0 aliphatic heterocycles. The quantitative estimate of drug-likeness (QED) is 0.308. The Balaban J connectivity index is 1.59. The molecule has 0 atom stereocenters. The largest absolute Gasteiger partial charge is 0.461 e. The Kier molecular flexibility index (Phi) is 4.89. The molecule has 25 heavy (non-hydrogen) atoms. The molecule has 1 heterocycles. The van der Waals surface area contributed by atoms with Crippen LogP contribution in [-0.4, -0.2) is 38.8 Å². The van der Waals surface area contributed by atoms with Crippen molar-refractivity contribution < 1.29 is 28.7 Å². The molecule has 128 valence electrons. The second-order valence-corrected chi connectivity index (χ2v) is 5.95. The Bertz CT molecular complexity index is 929. The molecule has 0 aliphatic carbocycles. The highest BCUT2D eigenvalue weighted by atomic mass is 32.2. The maximum Gasteiger partial charge on any atom is 0.347 e. The van der Waals surface area contributed by atoms with Crippen LogP contribution in [0.5, 0.6) is 0 Å². The molecule has 0 saturated carbocycles. The fraction of sp³-hybridized carbons (Fsp3) is 0.133. The van der Waals surface area contributed by atoms with Gasteiger partial charge in [0.05, 0.1) is 10.5 Å². The van der Waals surface area contributed by atoms with Gasteiger partial charge in [0.2, 0.25) is 5.52 Å². The van der Waals surface area contributed by atoms with Crippen LogP contribution in [0.1, 0.15) is 10.4 Å². The van der Waals surface area contributed by atoms with E-state index in [1.807, 2.05) is 0 Å². The Morgan fingerprint density at radius 2 is 1.92 bits per heavy atom. The SMILES string of the molecule is O=C(OCCSc1ccc([N+](=O)O)c2nonc12)c1ccc(F)cc1. The number of nitrogens with zero attached hydrogens (tertiary/aromatic N) is 3. The summed E-state index contributed by atoms with van der Waals surface area (Å²) in [6.07, 6.45) is 0. The second kappa shape index (κ2) is 7.26. The van der Waals surface area contributed by atoms with Gasteiger partial charge in [0.1, 0.15) is 12.4 Å². The number of aromatic nitrogens is 2. The van der Waals surface area contributed by atoms with Gasteiger partial charge in [-0.2, -0.15) is 0 Å². The van der Waals surface area contributed by atoms with Crippen molar-refractivity contribution in [2.75, 3.05) is 12.4 Å². The average molecular weight is 364 g/mol. The van der Waals surface area contributed by atoms with Gasteiger partial charge in [-0.3, -0.25) is 0 Å². The van der Waals surface area contributed by atoms with Gasteiger partial charge >= 0.3 is 11.7 Å². The van der Waals surface area contributed by atoms with Crippen molar-refractivity contribution in [2.24, 2.45) is 0 Å². The van der Waals surface area contributed by atoms with Gasteiger partial charge < -0.3 is 4.74 Å². The number of hydrogen-bond donors (Lipinski definition) is 1. The van der Waals surface area contributed by atoms with Crippen LogP contribution < -0.4 is 0 Å². The van der Waals surface area contributed by atoms with E-state index in [0.717, 1.165) is 0 Å². The van der Waals surface area contributed by atoms with E-state index < -0.39 is 11.8 Å². The summed E-state index contributed by atoms with van der Waals surface area (Å²) in [5.74, 6) is -0.569. The predicted octanol–water partition coefficient (Wildman–Crippen LogP) is 3.11. The van der Waals surface area contributed by atoms with Crippen molar-refractivity contribution in [3.8, 4) is 0 Å². The number of halogens is 1. The number of rotatable bonds is 6. The third-order valence-corrected chi connectivity index (χ3v) is 4.23. The van der Waals surface area contributed by atoms with Crippen molar-refractivity contribution in [1.82, 2.24) is 10.3 Å². The lowest BCUT2D eigenvalue weighted by molar-refractivity contribution is -0.728. The minimum absolute atomic E-state index is 0.0802. The fourth-order valence-corrected chi connectivity index (χ4v) is 2.88. The van der Waals surface area contributed by atoms with E-state index in [1.165, 1.54) is 42.1 Å². The highest BCUT2D eigenvalue weighted by Gasteiger charge is 2.23. The number of carbonyl (C=O) groups is 1. The number of hydrogen-bond acceptors (Lipinski definition) is 7. The molecular formula is C15H11FN3O5S+. The zero-order chi connectivity index (χ0) is 17.8. The first kappa shape index (κ1) is 16.8. The molecule has 1 N–H and O–H groups in total. The number of benzene rings is 2. The molecule has 0 aliphatic rings. The topological polar surface area (TPSA) is 106 Å². The molecule has 0 saturated heterocycles. The maximum atomic E-state index is 12.8. The molecule has 3 rings (SSSR count). The maximum absolute atomic E-state index is 12.8. The van der Waals surface area contributed by atoms with Crippen molar-refractivity contribution in [2.45, 2.75) is 4.90 Å². The first-order valence-electron chi connectivity index (χ1n) is 7.03. The summed E-state index contributed by atoms with van der Waals surface area (Å²) in [6.45, 7) is 0.114. The summed E-state index contributed by atoms with van der Waals surface area (Å²) < 4.78 is 22.5. The van der Waals surface area contributed by atoms with Crippen molar-refractivity contribution in [1.29, 1.82) is 0 Å². The zero-order valence-corrected chi connectivity index (χ0v) is 13.4. The fourth-order valence-electron chi connectivity index (χ4n) is 2.06. The smallest absolute Gasteiger partial charge is 0.347 e. The van der Waals surface area contributed by atoms with E-state index in [9.17, 15) is 14.1 Å². The van der Waals surface area contributed by atoms with Gasteiger partial charge in [0, 0.05) is 16.7 Å². The van der Waals surface area contributed by atoms with Crippen LogP contribution in [0.15, 0.2) is 45.9 Å². The van der Waals surface area contributed by atoms with Crippen LogP contribution in [0, 0.1) is 10.7 Å². The van der Waals surface area contributed by atoms with Crippen LogP contribution in [0.25, 0.3) is 11.0 Å². The van der Waals surface area contributed by atoms with E-state index >= 15 is 0 Å². The lowest BCUT2D eigenvalue weighted by atomic mass is 10.2. The summed E-state index contributed by atoms with van der Waals surface area (Å²) >= 11 is 1.31. The average Bonchev–Trinajstić information content (AvgIpc) is 3.08. The van der Waals surface area contributed by atoms with Gasteiger partial charge in [-0.25, -0.2) is 19.0 Å². The lowest BCUT2D eigenvalue weighted by Crippen LogP contribution is -2.07. The number of carbonyl (C=O) groups excluding carboxylic acids is 1. The highest BCUT2D eigenvalue weighted by molar-refractivity contribution is 7.99. The standard InChI is InChI=1S/C15H11FN3O5S/c16-10-3-1-9(2-4-10)15(20)23-7-8-25-12-6-5-11(19(21)22)13-14(12)18-24-17-13/h1-6H,7-8H2,(H,21,22)/q+1. The highest BCUT2D eigenvalue weighted by Crippen LogP contribution is 2.31. The molecular weight excluding hydrogens is 353 g/mol. The second-order valence-electron chi connectivity index (χ2n) is 4.81. The van der Waals surface area contributed by atoms with Gasteiger partial charge in [0.25, 0.3) is 4.92 Å². The molecule has 8 nitrogen and oxygen atoms in total. The van der Waals surface area contributed by atoms with Crippen molar-refractivity contribution in [3.63, 3.8) is 0 Å². The summed E-state index contributed by atoms with van der Waals surface area (Å²) in [5.41, 5.74) is 0.633. The van der Waals surface area contributed by atoms with E-state index in [1.54, 1.807) is 6.07 Å². The van der Waals surface area contributed by atoms with Crippen LogP contribution in [-0.2, 0) is 4.74 Å². The van der Waals surface area contributed by atoms with Gasteiger partial charge in [-0.15, -0.1) is 11.8 Å². The summed E-state index contributed by atoms with van der Waals surface area (Å²) in [7, 11) is 0. The van der Waals surface area contributed by atoms with E-state index in [0.29, 0.717) is 16.2 Å². The van der Waals surface area contributed by atoms with E-state index in [4.69, 9.17) is 9.94 Å². The molecule has 3 aromatic rings. The van der Waals surface area contributed by atoms with Crippen LogP contribution in [0.4, 0.5) is 10.1 Å². The number of esters is 1. The van der Waals surface area contributed by atoms with Gasteiger partial charge in [0.15, 0.2) is 5.52 Å². The Hall–Kier alpha value is -3.01. The number of thioether (sulfide) groups is 1. The number of ether oxygens (including phenoxy) is 1. The summed E-state index contributed by atoms with van der Waals surface area (Å²) in [5, 5.41) is 16.3. The van der Waals surface area contributed by atoms with Crippen molar-refractivity contribution in [3.05, 3.63) is 52.7 Å². The minimum atomic E-state index is -0.550. The third kappa shape index (κ3) is 3.74. The van der Waals surface area contributed by atoms with E-state index in [2.05, 4.69) is 14.9 Å². The molecule has 0 unspecified atom stereocenters. The first-order chi connectivity index (χ1) is 12.1. The molecule has 0 spiro atoms. The van der Waals surface area contributed by atoms with Crippen LogP contribution in [0.2, 0.25) is 0 Å². The molecule has 0 bridgehead atoms. The molecule has 10 heteroatoms. The first-order valence-corrected chi connectivity index (χ1v) is 8.01. The molecule has 0 amide bonds. The summed E-state index contributed by atoms with van der Waals surface area (Å²) in [6, 6.07) is 8.01. The lowest BCUT2D eigenvalue weighted by Gasteiger charge is -2.05. The normalized spacial score (nSPS) is 10.8. The Morgan fingerprint density at radius 3 is 2.64 bits per heavy atom. The van der Waals surface area contributed by atoms with Crippen LogP contribution >= 0.6 is 11.8 Å². The Labute approximate surface area is 144 Å². The van der Waals surface area contributed by atoms with Gasteiger partial charge in [-0.05, 0) is 40.6 Å². The molecule has 0 fully saturated rings. The third-order valence-electron chi connectivity index (χ3n) is 3.22. The molecule has 0 radical (unpaired) electrons. The van der Waals surface area contributed by atoms with Gasteiger partial charge in [-0.1, -0.05) is 0 Å². The zero-order valence-electron chi connectivity index (χ0n) is 12.6. The monoisotopic (exact) mass is 364 g/mol. The van der Waals surface area contributed by atoms with Crippen LogP contribution in [0.3, 0.4) is 0 Å². The number of fused-ring (bicyclic) bond motifs is 1. The molecule has 1 aromatic heterocycles. The summed E-state index contributed by atoms with van der Waals surface area (Å²) in [4.78, 5) is 23.2. The van der Waals surface area contributed by atoms with E-state index in [-0.39, 0.29) is 28.3 Å². The van der Waals surface area contributed by atoms with Crippen molar-refractivity contribution >= 4 is 34.5 Å². The Morgan fingerprint density at radius 1 is 1.20 bits per heavy atom. The predicted molar refractivity (Wildman–Crippen MR) is 84.3 cm³/mol. The minimum Gasteiger partial charge on any atom is -0.461 e. The molecule has 2 aromatic carbocycles.